The number of hydrazone groups is 1. The minimum atomic E-state index is 0.383. The molecule has 0 fully saturated rings. The van der Waals surface area contributed by atoms with Gasteiger partial charge < -0.3 is 11.1 Å². The van der Waals surface area contributed by atoms with E-state index in [1.54, 1.807) is 12.4 Å². The fraction of sp³-hybridized carbons (Fsp3) is 0.353. The van der Waals surface area contributed by atoms with E-state index in [-0.39, 0.29) is 0 Å². The smallest absolute Gasteiger partial charge is 0.163 e. The normalized spacial score (nSPS) is 14.6. The molecule has 0 saturated carbocycles. The Balaban J connectivity index is 1.49. The molecule has 0 bridgehead atoms. The van der Waals surface area contributed by atoms with E-state index in [4.69, 9.17) is 15.7 Å². The van der Waals surface area contributed by atoms with E-state index in [0.717, 1.165) is 38.8 Å². The molecule has 1 aliphatic carbocycles. The molecule has 0 saturated heterocycles. The van der Waals surface area contributed by atoms with E-state index in [1.807, 2.05) is 36.5 Å². The fourth-order valence-corrected chi connectivity index (χ4v) is 5.24. The quantitative estimate of drug-likeness (QED) is 0.106. The number of nitrogens with two attached hydrogens (primary N) is 1. The van der Waals surface area contributed by atoms with Gasteiger partial charge in [0, 0.05) is 36.4 Å². The van der Waals surface area contributed by atoms with Gasteiger partial charge in [0.25, 0.3) is 0 Å². The first-order valence-corrected chi connectivity index (χ1v) is 15.7. The highest BCUT2D eigenvalue weighted by Crippen LogP contribution is 2.27. The van der Waals surface area contributed by atoms with Crippen molar-refractivity contribution in [3.8, 4) is 11.4 Å². The second kappa shape index (κ2) is 15.8. The number of pyridine rings is 1. The molecule has 3 heterocycles. The molecule has 1 aliphatic rings. The monoisotopic (exact) mass is 581 g/mol. The predicted molar refractivity (Wildman–Crippen MR) is 179 cm³/mol. The Morgan fingerprint density at radius 2 is 1.88 bits per heavy atom. The summed E-state index contributed by atoms with van der Waals surface area (Å²) in [5.74, 6) is 1.58. The van der Waals surface area contributed by atoms with E-state index in [2.05, 4.69) is 72.3 Å². The van der Waals surface area contributed by atoms with Crippen LogP contribution in [-0.2, 0) is 6.42 Å². The molecule has 4 rings (SSSR count). The Morgan fingerprint density at radius 1 is 1.07 bits per heavy atom. The van der Waals surface area contributed by atoms with Crippen LogP contribution in [0, 0.1) is 5.92 Å². The lowest BCUT2D eigenvalue weighted by Crippen LogP contribution is -2.10. The number of nitrogens with one attached hydrogen (secondary N) is 1. The summed E-state index contributed by atoms with van der Waals surface area (Å²) >= 11 is 1.47. The SMILES string of the molecule is C=C(Nc1nc(-c2ccc(CCCCCCCCC)nc2)ncc1/C=N\N(C)C1=CC=CC(C)C=C1)c1ccc(N)s1. The number of nitrogens with zero attached hydrogens (tertiary/aromatic N) is 5. The topological polar surface area (TPSA) is 92.3 Å². The lowest BCUT2D eigenvalue weighted by Gasteiger charge is -2.15. The highest BCUT2D eigenvalue weighted by atomic mass is 32.1. The molecule has 3 aromatic rings. The number of hydrogen-bond donors (Lipinski definition) is 2. The van der Waals surface area contributed by atoms with Crippen LogP contribution in [0.1, 0.15) is 74.9 Å². The molecule has 42 heavy (non-hydrogen) atoms. The predicted octanol–water partition coefficient (Wildman–Crippen LogP) is 8.47. The van der Waals surface area contributed by atoms with Crippen molar-refractivity contribution in [1.82, 2.24) is 20.0 Å². The Morgan fingerprint density at radius 3 is 2.62 bits per heavy atom. The minimum absolute atomic E-state index is 0.383. The van der Waals surface area contributed by atoms with Crippen molar-refractivity contribution in [2.24, 2.45) is 11.0 Å². The van der Waals surface area contributed by atoms with E-state index in [0.29, 0.717) is 23.3 Å². The summed E-state index contributed by atoms with van der Waals surface area (Å²) < 4.78 is 0. The highest BCUT2D eigenvalue weighted by molar-refractivity contribution is 7.16. The van der Waals surface area contributed by atoms with Crippen molar-refractivity contribution in [2.75, 3.05) is 18.1 Å². The largest absolute Gasteiger partial charge is 0.391 e. The average molecular weight is 582 g/mol. The maximum Gasteiger partial charge on any atom is 0.163 e. The summed E-state index contributed by atoms with van der Waals surface area (Å²) in [5, 5.41) is 10.6. The number of allylic oxidation sites excluding steroid dienone is 5. The number of aromatic nitrogens is 3. The molecule has 7 nitrogen and oxygen atoms in total. The van der Waals surface area contributed by atoms with Gasteiger partial charge in [-0.25, -0.2) is 9.97 Å². The Bertz CT molecular complexity index is 1430. The molecule has 0 aliphatic heterocycles. The van der Waals surface area contributed by atoms with Crippen LogP contribution in [0.3, 0.4) is 0 Å². The number of rotatable bonds is 15. The van der Waals surface area contributed by atoms with Crippen molar-refractivity contribution in [2.45, 2.75) is 65.2 Å². The standard InChI is InChI=1S/C34H43N7S/c1-5-6-7-8-9-10-11-14-29-18-17-27(22-36-29)33-37-23-28(24-38-41(4)30-15-12-13-25(2)16-19-30)34(40-33)39-26(3)31-20-21-32(35)42-31/h12-13,15-25H,3,5-11,14,35H2,1-2,4H3,(H,37,39,40)/b38-24-. The number of thiophene rings is 1. The van der Waals surface area contributed by atoms with Gasteiger partial charge >= 0.3 is 0 Å². The van der Waals surface area contributed by atoms with E-state index in [9.17, 15) is 0 Å². The zero-order chi connectivity index (χ0) is 29.7. The third kappa shape index (κ3) is 9.24. The molecule has 3 aromatic heterocycles. The summed E-state index contributed by atoms with van der Waals surface area (Å²) in [5.41, 5.74) is 10.4. The molecule has 1 unspecified atom stereocenters. The molecule has 220 valence electrons. The molecular formula is C34H43N7S. The summed E-state index contributed by atoms with van der Waals surface area (Å²) in [6, 6.07) is 7.97. The molecular weight excluding hydrogens is 538 g/mol. The summed E-state index contributed by atoms with van der Waals surface area (Å²) in [4.78, 5) is 15.2. The zero-order valence-corrected chi connectivity index (χ0v) is 25.9. The maximum absolute atomic E-state index is 5.96. The molecule has 1 atom stereocenters. The number of aryl methyl sites for hydroxylation is 1. The summed E-state index contributed by atoms with van der Waals surface area (Å²) in [7, 11) is 1.92. The second-order valence-electron chi connectivity index (χ2n) is 10.7. The van der Waals surface area contributed by atoms with Crippen LogP contribution in [0.5, 0.6) is 0 Å². The van der Waals surface area contributed by atoms with E-state index < -0.39 is 0 Å². The fourth-order valence-electron chi connectivity index (χ4n) is 4.54. The van der Waals surface area contributed by atoms with Crippen LogP contribution >= 0.6 is 11.3 Å². The number of anilines is 2. The molecule has 0 aromatic carbocycles. The van der Waals surface area contributed by atoms with Crippen molar-refractivity contribution in [3.63, 3.8) is 0 Å². The lowest BCUT2D eigenvalue weighted by molar-refractivity contribution is 0.463. The Hall–Kier alpha value is -4.04. The first kappa shape index (κ1) is 30.9. The second-order valence-corrected chi connectivity index (χ2v) is 11.8. The van der Waals surface area contributed by atoms with Gasteiger partial charge in [-0.3, -0.25) is 9.99 Å². The molecule has 8 heteroatoms. The van der Waals surface area contributed by atoms with Gasteiger partial charge in [0.05, 0.1) is 27.4 Å². The minimum Gasteiger partial charge on any atom is -0.391 e. The lowest BCUT2D eigenvalue weighted by atomic mass is 10.1. The van der Waals surface area contributed by atoms with Gasteiger partial charge in [-0.05, 0) is 55.2 Å². The van der Waals surface area contributed by atoms with Crippen LogP contribution in [0.2, 0.25) is 0 Å². The van der Waals surface area contributed by atoms with E-state index in [1.165, 1.54) is 56.3 Å². The van der Waals surface area contributed by atoms with Gasteiger partial charge in [0.15, 0.2) is 5.82 Å². The summed E-state index contributed by atoms with van der Waals surface area (Å²) in [6.45, 7) is 8.63. The Labute approximate surface area is 254 Å². The number of nitrogen functional groups attached to an aromatic ring is 1. The third-order valence-corrected chi connectivity index (χ3v) is 8.10. The first-order chi connectivity index (χ1) is 20.4. The third-order valence-electron chi connectivity index (χ3n) is 7.13. The van der Waals surface area contributed by atoms with Gasteiger partial charge in [0.2, 0.25) is 0 Å². The van der Waals surface area contributed by atoms with Crippen molar-refractivity contribution >= 4 is 34.1 Å². The average Bonchev–Trinajstić information content (AvgIpc) is 3.32. The first-order valence-electron chi connectivity index (χ1n) is 14.9. The van der Waals surface area contributed by atoms with Crippen LogP contribution < -0.4 is 11.1 Å². The van der Waals surface area contributed by atoms with Crippen LogP contribution in [0.25, 0.3) is 17.1 Å². The number of hydrogen-bond acceptors (Lipinski definition) is 8. The summed E-state index contributed by atoms with van der Waals surface area (Å²) in [6.07, 6.45) is 25.9. The van der Waals surface area contributed by atoms with Gasteiger partial charge in [0.1, 0.15) is 5.82 Å². The molecule has 0 radical (unpaired) electrons. The number of likely N-dealkylation sites (N-methyl/N-ethyl adjacent to an activating group) is 1. The Kier molecular flexibility index (Phi) is 11.6. The van der Waals surface area contributed by atoms with Crippen molar-refractivity contribution in [1.29, 1.82) is 0 Å². The van der Waals surface area contributed by atoms with Crippen LogP contribution in [-0.4, -0.2) is 33.2 Å². The van der Waals surface area contributed by atoms with Gasteiger partial charge in [-0.1, -0.05) is 77.2 Å². The molecule has 0 spiro atoms. The van der Waals surface area contributed by atoms with Crippen molar-refractivity contribution < 1.29 is 0 Å². The van der Waals surface area contributed by atoms with Crippen LogP contribution in [0.15, 0.2) is 84.4 Å². The number of unbranched alkanes of at least 4 members (excludes halogenated alkanes) is 6. The van der Waals surface area contributed by atoms with Gasteiger partial charge in [-0.15, -0.1) is 11.3 Å². The maximum atomic E-state index is 5.96. The van der Waals surface area contributed by atoms with Gasteiger partial charge in [-0.2, -0.15) is 5.10 Å². The molecule has 0 amide bonds. The van der Waals surface area contributed by atoms with Crippen LogP contribution in [0.4, 0.5) is 10.8 Å². The molecule has 3 N–H and O–H groups in total. The highest BCUT2D eigenvalue weighted by Gasteiger charge is 2.12. The van der Waals surface area contributed by atoms with Crippen molar-refractivity contribution in [3.05, 3.63) is 95.4 Å². The van der Waals surface area contributed by atoms with E-state index >= 15 is 0 Å². The zero-order valence-electron chi connectivity index (χ0n) is 25.1.